The first kappa shape index (κ1) is 19.4. The van der Waals surface area contributed by atoms with Crippen LogP contribution < -0.4 is 9.47 Å². The van der Waals surface area contributed by atoms with Gasteiger partial charge in [-0.15, -0.1) is 0 Å². The minimum atomic E-state index is -0.439. The highest BCUT2D eigenvalue weighted by atomic mass is 16.6. The Morgan fingerprint density at radius 3 is 2.53 bits per heavy atom. The lowest BCUT2D eigenvalue weighted by atomic mass is 10.1. The van der Waals surface area contributed by atoms with Crippen LogP contribution in [0.25, 0.3) is 6.08 Å². The van der Waals surface area contributed by atoms with Gasteiger partial charge in [-0.3, -0.25) is 14.9 Å². The van der Waals surface area contributed by atoms with Crippen LogP contribution in [-0.2, 0) is 6.61 Å². The Morgan fingerprint density at radius 2 is 1.83 bits per heavy atom. The number of benzene rings is 3. The number of hydrogen-bond donors (Lipinski definition) is 0. The highest BCUT2D eigenvalue weighted by molar-refractivity contribution is 6.14. The van der Waals surface area contributed by atoms with E-state index in [0.29, 0.717) is 17.1 Å². The molecule has 0 unspecified atom stereocenters. The van der Waals surface area contributed by atoms with Crippen molar-refractivity contribution in [1.29, 1.82) is 0 Å². The molecule has 6 heteroatoms. The summed E-state index contributed by atoms with van der Waals surface area (Å²) in [6.07, 6.45) is 1.74. The van der Waals surface area contributed by atoms with E-state index >= 15 is 0 Å². The molecule has 30 heavy (non-hydrogen) atoms. The highest BCUT2D eigenvalue weighted by Gasteiger charge is 2.30. The zero-order valence-corrected chi connectivity index (χ0v) is 16.5. The molecule has 0 aliphatic carbocycles. The number of ether oxygens (including phenoxy) is 2. The molecule has 0 radical (unpaired) electrons. The molecule has 6 nitrogen and oxygen atoms in total. The van der Waals surface area contributed by atoms with Crippen molar-refractivity contribution in [3.05, 3.63) is 104 Å². The maximum absolute atomic E-state index is 12.7. The molecule has 4 rings (SSSR count). The standard InChI is InChI=1S/C24H19NO5/c1-15-4-3-5-18(12-15)13-22-23(26)20-10-11-21(16(2)24(20)30-22)29-14-17-6-8-19(9-7-17)25(27)28/h3-13H,14H2,1-2H3/b22-13-. The number of carbonyl (C=O) groups is 1. The molecule has 3 aromatic rings. The molecule has 0 bridgehead atoms. The minimum Gasteiger partial charge on any atom is -0.488 e. The number of nitro benzene ring substituents is 1. The number of allylic oxidation sites excluding steroid dienone is 1. The third-order valence-corrected chi connectivity index (χ3v) is 4.92. The molecule has 0 fully saturated rings. The molecule has 0 N–H and O–H groups in total. The van der Waals surface area contributed by atoms with Crippen molar-refractivity contribution in [2.24, 2.45) is 0 Å². The summed E-state index contributed by atoms with van der Waals surface area (Å²) in [6, 6.07) is 17.5. The van der Waals surface area contributed by atoms with Crippen LogP contribution in [0.1, 0.15) is 32.6 Å². The molecule has 0 atom stereocenters. The maximum Gasteiger partial charge on any atom is 0.269 e. The quantitative estimate of drug-likeness (QED) is 0.325. The summed E-state index contributed by atoms with van der Waals surface area (Å²) in [5, 5.41) is 10.8. The normalized spacial score (nSPS) is 13.8. The maximum atomic E-state index is 12.7. The van der Waals surface area contributed by atoms with E-state index in [2.05, 4.69) is 0 Å². The van der Waals surface area contributed by atoms with Crippen molar-refractivity contribution in [2.45, 2.75) is 20.5 Å². The Morgan fingerprint density at radius 1 is 1.07 bits per heavy atom. The Hall–Kier alpha value is -3.93. The van der Waals surface area contributed by atoms with Gasteiger partial charge < -0.3 is 9.47 Å². The number of rotatable bonds is 5. The molecule has 3 aromatic carbocycles. The molecule has 0 spiro atoms. The molecule has 1 aliphatic rings. The lowest BCUT2D eigenvalue weighted by Crippen LogP contribution is -1.99. The Labute approximate surface area is 173 Å². The topological polar surface area (TPSA) is 78.7 Å². The summed E-state index contributed by atoms with van der Waals surface area (Å²) in [7, 11) is 0. The Bertz CT molecular complexity index is 1180. The van der Waals surface area contributed by atoms with Crippen LogP contribution in [0.5, 0.6) is 11.5 Å². The number of non-ortho nitro benzene ring substituents is 1. The van der Waals surface area contributed by atoms with Gasteiger partial charge >= 0.3 is 0 Å². The van der Waals surface area contributed by atoms with E-state index in [1.165, 1.54) is 12.1 Å². The van der Waals surface area contributed by atoms with Gasteiger partial charge in [-0.1, -0.05) is 29.8 Å². The number of hydrogen-bond acceptors (Lipinski definition) is 5. The Kier molecular flexibility index (Phi) is 5.06. The summed E-state index contributed by atoms with van der Waals surface area (Å²) in [5.41, 5.74) is 4.08. The van der Waals surface area contributed by atoms with Crippen molar-refractivity contribution < 1.29 is 19.2 Å². The molecule has 1 aliphatic heterocycles. The molecule has 0 amide bonds. The van der Waals surface area contributed by atoms with E-state index in [4.69, 9.17) is 9.47 Å². The predicted molar refractivity (Wildman–Crippen MR) is 113 cm³/mol. The van der Waals surface area contributed by atoms with E-state index < -0.39 is 4.92 Å². The third kappa shape index (κ3) is 3.80. The zero-order chi connectivity index (χ0) is 21.3. The van der Waals surface area contributed by atoms with Crippen LogP contribution >= 0.6 is 0 Å². The van der Waals surface area contributed by atoms with E-state index in [1.807, 2.05) is 38.1 Å². The number of nitro groups is 1. The van der Waals surface area contributed by atoms with Crippen LogP contribution in [0, 0.1) is 24.0 Å². The van der Waals surface area contributed by atoms with Crippen LogP contribution in [0.4, 0.5) is 5.69 Å². The summed E-state index contributed by atoms with van der Waals surface area (Å²) < 4.78 is 11.8. The van der Waals surface area contributed by atoms with Crippen molar-refractivity contribution >= 4 is 17.5 Å². The molecule has 0 saturated heterocycles. The molecule has 0 saturated carbocycles. The monoisotopic (exact) mass is 401 g/mol. The molecule has 0 aromatic heterocycles. The Balaban J connectivity index is 1.53. The van der Waals surface area contributed by atoms with Crippen molar-refractivity contribution in [1.82, 2.24) is 0 Å². The lowest BCUT2D eigenvalue weighted by molar-refractivity contribution is -0.384. The second kappa shape index (κ2) is 7.83. The first-order valence-corrected chi connectivity index (χ1v) is 9.43. The predicted octanol–water partition coefficient (Wildman–Crippen LogP) is 5.41. The lowest BCUT2D eigenvalue weighted by Gasteiger charge is -2.11. The van der Waals surface area contributed by atoms with E-state index in [0.717, 1.165) is 22.3 Å². The van der Waals surface area contributed by atoms with Gasteiger partial charge in [-0.05, 0) is 55.3 Å². The smallest absolute Gasteiger partial charge is 0.269 e. The number of fused-ring (bicyclic) bond motifs is 1. The van der Waals surface area contributed by atoms with Crippen LogP contribution in [-0.4, -0.2) is 10.7 Å². The number of ketones is 1. The molecular formula is C24H19NO5. The van der Waals surface area contributed by atoms with Gasteiger partial charge in [0.2, 0.25) is 5.78 Å². The van der Waals surface area contributed by atoms with E-state index in [1.54, 1.807) is 30.3 Å². The summed E-state index contributed by atoms with van der Waals surface area (Å²) in [5.74, 6) is 1.22. The van der Waals surface area contributed by atoms with Gasteiger partial charge in [-0.25, -0.2) is 0 Å². The van der Waals surface area contributed by atoms with Gasteiger partial charge in [-0.2, -0.15) is 0 Å². The van der Waals surface area contributed by atoms with Crippen molar-refractivity contribution in [3.8, 4) is 11.5 Å². The van der Waals surface area contributed by atoms with Crippen LogP contribution in [0.15, 0.2) is 66.4 Å². The highest BCUT2D eigenvalue weighted by Crippen LogP contribution is 2.39. The number of aryl methyl sites for hydroxylation is 1. The summed E-state index contributed by atoms with van der Waals surface area (Å²) >= 11 is 0. The van der Waals surface area contributed by atoms with E-state index in [-0.39, 0.29) is 23.8 Å². The van der Waals surface area contributed by atoms with E-state index in [9.17, 15) is 14.9 Å². The third-order valence-electron chi connectivity index (χ3n) is 4.92. The fourth-order valence-electron chi connectivity index (χ4n) is 3.31. The molecular weight excluding hydrogens is 382 g/mol. The van der Waals surface area contributed by atoms with Crippen LogP contribution in [0.3, 0.4) is 0 Å². The fourth-order valence-corrected chi connectivity index (χ4v) is 3.31. The van der Waals surface area contributed by atoms with Gasteiger partial charge in [0.15, 0.2) is 5.76 Å². The van der Waals surface area contributed by atoms with Gasteiger partial charge in [0.1, 0.15) is 18.1 Å². The SMILES string of the molecule is Cc1cccc(/C=C2\Oc3c(ccc(OCc4ccc([N+](=O)[O-])cc4)c3C)C2=O)c1. The van der Waals surface area contributed by atoms with Gasteiger partial charge in [0.05, 0.1) is 10.5 Å². The summed E-state index contributed by atoms with van der Waals surface area (Å²) in [4.78, 5) is 23.0. The average Bonchev–Trinajstić information content (AvgIpc) is 3.04. The first-order valence-electron chi connectivity index (χ1n) is 9.43. The number of nitrogens with zero attached hydrogens (tertiary/aromatic N) is 1. The van der Waals surface area contributed by atoms with Crippen molar-refractivity contribution in [3.63, 3.8) is 0 Å². The second-order valence-corrected chi connectivity index (χ2v) is 7.13. The number of Topliss-reactive ketones (excluding diaryl/α,β-unsaturated/α-hetero) is 1. The fraction of sp³-hybridized carbons (Fsp3) is 0.125. The van der Waals surface area contributed by atoms with Crippen LogP contribution in [0.2, 0.25) is 0 Å². The van der Waals surface area contributed by atoms with Crippen molar-refractivity contribution in [2.75, 3.05) is 0 Å². The second-order valence-electron chi connectivity index (χ2n) is 7.13. The largest absolute Gasteiger partial charge is 0.488 e. The minimum absolute atomic E-state index is 0.0345. The molecule has 1 heterocycles. The summed E-state index contributed by atoms with van der Waals surface area (Å²) in [6.45, 7) is 4.08. The van der Waals surface area contributed by atoms with Gasteiger partial charge in [0.25, 0.3) is 5.69 Å². The number of carbonyl (C=O) groups excluding carboxylic acids is 1. The zero-order valence-electron chi connectivity index (χ0n) is 16.5. The average molecular weight is 401 g/mol. The first-order chi connectivity index (χ1) is 14.4. The molecule has 150 valence electrons. The van der Waals surface area contributed by atoms with Gasteiger partial charge in [0, 0.05) is 17.7 Å².